The summed E-state index contributed by atoms with van der Waals surface area (Å²) < 4.78 is 41.1. The number of halogens is 1. The number of piperidine rings is 1. The van der Waals surface area contributed by atoms with E-state index in [4.69, 9.17) is 0 Å². The van der Waals surface area contributed by atoms with E-state index in [0.717, 1.165) is 37.7 Å². The van der Waals surface area contributed by atoms with Crippen LogP contribution in [-0.4, -0.2) is 30.5 Å². The number of nitrogens with zero attached hydrogens (tertiary/aromatic N) is 2. The molecule has 0 spiro atoms. The van der Waals surface area contributed by atoms with Gasteiger partial charge in [-0.05, 0) is 37.4 Å². The van der Waals surface area contributed by atoms with Crippen LogP contribution in [0.2, 0.25) is 0 Å². The van der Waals surface area contributed by atoms with Gasteiger partial charge in [0.25, 0.3) is 0 Å². The monoisotopic (exact) mass is 373 g/mol. The van der Waals surface area contributed by atoms with Crippen molar-refractivity contribution in [3.8, 4) is 0 Å². The molecule has 3 aromatic rings. The van der Waals surface area contributed by atoms with Crippen molar-refractivity contribution in [2.45, 2.75) is 24.5 Å². The molecule has 2 aromatic heterocycles. The number of nitrogens with one attached hydrogen (secondary N) is 1. The molecule has 1 aliphatic rings. The van der Waals surface area contributed by atoms with E-state index in [1.807, 2.05) is 6.07 Å². The number of fused-ring (bicyclic) bond motifs is 1. The second-order valence-electron chi connectivity index (χ2n) is 6.67. The molecule has 0 amide bonds. The predicted octanol–water partition coefficient (Wildman–Crippen LogP) is 3.02. The predicted molar refractivity (Wildman–Crippen MR) is 99.0 cm³/mol. The van der Waals surface area contributed by atoms with Gasteiger partial charge in [-0.2, -0.15) is 0 Å². The molecule has 0 radical (unpaired) electrons. The van der Waals surface area contributed by atoms with E-state index in [9.17, 15) is 12.8 Å². The van der Waals surface area contributed by atoms with Crippen LogP contribution in [0, 0.1) is 5.82 Å². The molecule has 1 aliphatic heterocycles. The lowest BCUT2D eigenvalue weighted by Crippen LogP contribution is -2.26. The maximum absolute atomic E-state index is 13.8. The maximum atomic E-state index is 13.8. The third-order valence-corrected chi connectivity index (χ3v) is 6.47. The summed E-state index contributed by atoms with van der Waals surface area (Å²) in [6.07, 6.45) is 4.63. The highest BCUT2D eigenvalue weighted by Crippen LogP contribution is 2.33. The van der Waals surface area contributed by atoms with Gasteiger partial charge in [-0.3, -0.25) is 4.98 Å². The van der Waals surface area contributed by atoms with Gasteiger partial charge >= 0.3 is 0 Å². The molecule has 0 saturated carbocycles. The van der Waals surface area contributed by atoms with Crippen molar-refractivity contribution in [2.75, 3.05) is 13.1 Å². The van der Waals surface area contributed by atoms with Gasteiger partial charge in [0.1, 0.15) is 5.82 Å². The topological polar surface area (TPSA) is 64.0 Å². The van der Waals surface area contributed by atoms with Crippen LogP contribution in [0.1, 0.15) is 29.9 Å². The number of rotatable bonds is 4. The third kappa shape index (κ3) is 3.24. The lowest BCUT2D eigenvalue weighted by Gasteiger charge is -2.21. The highest BCUT2D eigenvalue weighted by Gasteiger charge is 2.25. The highest BCUT2D eigenvalue weighted by atomic mass is 32.2. The molecule has 0 bridgehead atoms. The van der Waals surface area contributed by atoms with Gasteiger partial charge in [-0.1, -0.05) is 30.3 Å². The van der Waals surface area contributed by atoms with Gasteiger partial charge in [0.15, 0.2) is 0 Å². The summed E-state index contributed by atoms with van der Waals surface area (Å²) in [6.45, 7) is 1.77. The molecule has 1 aromatic carbocycles. The Morgan fingerprint density at radius 1 is 1.19 bits per heavy atom. The fourth-order valence-corrected chi connectivity index (χ4v) is 5.06. The van der Waals surface area contributed by atoms with Gasteiger partial charge in [-0.25, -0.2) is 16.8 Å². The molecular weight excluding hydrogens is 353 g/mol. The van der Waals surface area contributed by atoms with Crippen molar-refractivity contribution >= 4 is 21.1 Å². The molecule has 0 unspecified atom stereocenters. The summed E-state index contributed by atoms with van der Waals surface area (Å²) in [6, 6.07) is 10.3. The third-order valence-electron chi connectivity index (χ3n) is 4.87. The molecule has 7 heteroatoms. The Bertz CT molecular complexity index is 1030. The molecular formula is C19H20FN3O2S. The molecule has 1 saturated heterocycles. The first-order valence-electron chi connectivity index (χ1n) is 8.69. The number of hydrogen-bond acceptors (Lipinski definition) is 4. The van der Waals surface area contributed by atoms with E-state index in [1.54, 1.807) is 30.5 Å². The molecule has 1 fully saturated rings. The van der Waals surface area contributed by atoms with Crippen LogP contribution in [0.4, 0.5) is 4.39 Å². The minimum Gasteiger partial charge on any atom is -0.317 e. The molecule has 26 heavy (non-hydrogen) atoms. The van der Waals surface area contributed by atoms with Crippen molar-refractivity contribution in [1.29, 1.82) is 0 Å². The van der Waals surface area contributed by atoms with Crippen molar-refractivity contribution in [1.82, 2.24) is 14.3 Å². The van der Waals surface area contributed by atoms with Gasteiger partial charge in [0.05, 0.1) is 23.0 Å². The van der Waals surface area contributed by atoms with E-state index >= 15 is 0 Å². The van der Waals surface area contributed by atoms with E-state index in [-0.39, 0.29) is 11.7 Å². The first kappa shape index (κ1) is 17.2. The van der Waals surface area contributed by atoms with Crippen LogP contribution in [0.3, 0.4) is 0 Å². The number of aromatic nitrogens is 2. The highest BCUT2D eigenvalue weighted by molar-refractivity contribution is 7.89. The van der Waals surface area contributed by atoms with Gasteiger partial charge in [-0.15, -0.1) is 0 Å². The van der Waals surface area contributed by atoms with Gasteiger partial charge in [0.2, 0.25) is 10.0 Å². The van der Waals surface area contributed by atoms with Crippen molar-refractivity contribution in [3.05, 3.63) is 65.7 Å². The van der Waals surface area contributed by atoms with E-state index in [0.29, 0.717) is 16.6 Å². The molecule has 0 atom stereocenters. The summed E-state index contributed by atoms with van der Waals surface area (Å²) in [5.74, 6) is -0.451. The average molecular weight is 373 g/mol. The standard InChI is InChI=1S/C19H20FN3O2S/c20-16-10-18-19(22-11-16)17(15-6-8-21-9-7-15)12-23(18)26(24,25)13-14-4-2-1-3-5-14/h1-5,10-12,15,21H,6-9,13H2. The largest absolute Gasteiger partial charge is 0.317 e. The zero-order chi connectivity index (χ0) is 18.1. The molecule has 4 rings (SSSR count). The summed E-state index contributed by atoms with van der Waals surface area (Å²) in [4.78, 5) is 4.22. The fourth-order valence-electron chi connectivity index (χ4n) is 3.59. The summed E-state index contributed by atoms with van der Waals surface area (Å²) >= 11 is 0. The second-order valence-corrected chi connectivity index (χ2v) is 8.51. The maximum Gasteiger partial charge on any atom is 0.243 e. The van der Waals surface area contributed by atoms with Crippen molar-refractivity contribution in [3.63, 3.8) is 0 Å². The average Bonchev–Trinajstić information content (AvgIpc) is 3.02. The zero-order valence-electron chi connectivity index (χ0n) is 14.2. The molecule has 3 heterocycles. The molecule has 1 N–H and O–H groups in total. The number of pyridine rings is 1. The minimum absolute atomic E-state index is 0.139. The van der Waals surface area contributed by atoms with Crippen molar-refractivity contribution in [2.24, 2.45) is 0 Å². The summed E-state index contributed by atoms with van der Waals surface area (Å²) in [7, 11) is -3.68. The summed E-state index contributed by atoms with van der Waals surface area (Å²) in [5, 5.41) is 3.31. The summed E-state index contributed by atoms with van der Waals surface area (Å²) in [5.41, 5.74) is 2.48. The first-order chi connectivity index (χ1) is 12.5. The Balaban J connectivity index is 1.82. The Hall–Kier alpha value is -2.25. The quantitative estimate of drug-likeness (QED) is 0.764. The lowest BCUT2D eigenvalue weighted by atomic mass is 9.91. The van der Waals surface area contributed by atoms with Crippen LogP contribution in [0.5, 0.6) is 0 Å². The Morgan fingerprint density at radius 3 is 2.65 bits per heavy atom. The van der Waals surface area contributed by atoms with Crippen LogP contribution < -0.4 is 5.32 Å². The number of hydrogen-bond donors (Lipinski definition) is 1. The van der Waals surface area contributed by atoms with Gasteiger partial charge in [0, 0.05) is 17.8 Å². The Kier molecular flexibility index (Phi) is 4.50. The normalized spacial score (nSPS) is 16.2. The van der Waals surface area contributed by atoms with E-state index in [2.05, 4.69) is 10.3 Å². The van der Waals surface area contributed by atoms with Crippen LogP contribution in [-0.2, 0) is 15.8 Å². The lowest BCUT2D eigenvalue weighted by molar-refractivity contribution is 0.462. The number of benzene rings is 1. The van der Waals surface area contributed by atoms with Crippen LogP contribution in [0.15, 0.2) is 48.8 Å². The van der Waals surface area contributed by atoms with E-state index in [1.165, 1.54) is 10.0 Å². The SMILES string of the molecule is O=S(=O)(Cc1ccccc1)n1cc(C2CCNCC2)c2ncc(F)cc21. The van der Waals surface area contributed by atoms with Crippen LogP contribution >= 0.6 is 0 Å². The fraction of sp³-hybridized carbons (Fsp3) is 0.316. The second kappa shape index (κ2) is 6.81. The Morgan fingerprint density at radius 2 is 1.92 bits per heavy atom. The van der Waals surface area contributed by atoms with Crippen molar-refractivity contribution < 1.29 is 12.8 Å². The zero-order valence-corrected chi connectivity index (χ0v) is 15.0. The smallest absolute Gasteiger partial charge is 0.243 e. The van der Waals surface area contributed by atoms with E-state index < -0.39 is 15.8 Å². The first-order valence-corrected chi connectivity index (χ1v) is 10.3. The molecule has 136 valence electrons. The molecule has 0 aliphatic carbocycles. The Labute approximate surface area is 151 Å². The molecule has 5 nitrogen and oxygen atoms in total. The van der Waals surface area contributed by atoms with Crippen LogP contribution in [0.25, 0.3) is 11.0 Å². The minimum atomic E-state index is -3.68. The van der Waals surface area contributed by atoms with Gasteiger partial charge < -0.3 is 5.32 Å².